The molecule has 0 radical (unpaired) electrons. The molecule has 114 valence electrons. The van der Waals surface area contributed by atoms with Crippen LogP contribution in [0.4, 0.5) is 10.9 Å². The molecule has 2 rings (SSSR count). The lowest BCUT2D eigenvalue weighted by molar-refractivity contribution is -0.389. The number of nitrogens with zero attached hydrogens (tertiary/aromatic N) is 2. The Morgan fingerprint density at radius 1 is 1.45 bits per heavy atom. The number of hydrogen-bond donors (Lipinski definition) is 1. The minimum atomic E-state index is -0.671. The third-order valence-electron chi connectivity index (χ3n) is 2.34. The fraction of sp³-hybridized carbons (Fsp3) is 0.0833. The molecule has 0 bridgehead atoms. The van der Waals surface area contributed by atoms with Gasteiger partial charge in [-0.15, -0.1) is 0 Å². The van der Waals surface area contributed by atoms with Gasteiger partial charge in [0.1, 0.15) is 5.75 Å². The Bertz CT molecular complexity index is 761. The van der Waals surface area contributed by atoms with Gasteiger partial charge in [-0.05, 0) is 28.1 Å². The lowest BCUT2D eigenvalue weighted by Crippen LogP contribution is -2.15. The maximum Gasteiger partial charge on any atom is 0.376 e. The average Bonchev–Trinajstić information content (AvgIpc) is 2.89. The Morgan fingerprint density at radius 3 is 2.77 bits per heavy atom. The van der Waals surface area contributed by atoms with E-state index in [0.717, 1.165) is 11.3 Å². The van der Waals surface area contributed by atoms with Gasteiger partial charge in [-0.2, -0.15) is 0 Å². The summed E-state index contributed by atoms with van der Waals surface area (Å²) in [4.78, 5) is 36.7. The molecular weight excluding hydrogens is 334 g/mol. The fourth-order valence-electron chi connectivity index (χ4n) is 1.49. The Kier molecular flexibility index (Phi) is 4.68. The number of amides is 1. The Morgan fingerprint density at radius 2 is 2.18 bits per heavy atom. The summed E-state index contributed by atoms with van der Waals surface area (Å²) >= 11 is 6.72. The van der Waals surface area contributed by atoms with E-state index in [-0.39, 0.29) is 27.3 Å². The number of nitrogens with one attached hydrogen (secondary N) is 1. The van der Waals surface area contributed by atoms with Crippen molar-refractivity contribution < 1.29 is 19.2 Å². The molecule has 2 aromatic rings. The van der Waals surface area contributed by atoms with E-state index in [1.807, 2.05) is 0 Å². The van der Waals surface area contributed by atoms with Gasteiger partial charge >= 0.3 is 16.9 Å². The maximum absolute atomic E-state index is 12.2. The van der Waals surface area contributed by atoms with Gasteiger partial charge in [-0.1, -0.05) is 22.9 Å². The molecule has 8 nitrogen and oxygen atoms in total. The molecule has 1 N–H and O–H groups in total. The van der Waals surface area contributed by atoms with Crippen molar-refractivity contribution in [2.75, 3.05) is 5.32 Å². The first-order chi connectivity index (χ1) is 10.4. The van der Waals surface area contributed by atoms with Crippen molar-refractivity contribution in [3.8, 4) is 5.75 Å². The molecule has 0 saturated carbocycles. The van der Waals surface area contributed by atoms with Crippen LogP contribution in [0.1, 0.15) is 17.3 Å². The number of rotatable bonds is 4. The van der Waals surface area contributed by atoms with Crippen molar-refractivity contribution in [2.45, 2.75) is 6.92 Å². The molecule has 0 spiro atoms. The van der Waals surface area contributed by atoms with Gasteiger partial charge in [0.15, 0.2) is 0 Å². The van der Waals surface area contributed by atoms with Crippen molar-refractivity contribution in [3.05, 3.63) is 44.3 Å². The number of benzene rings is 1. The fourth-order valence-corrected chi connectivity index (χ4v) is 2.32. The molecule has 1 heterocycles. The van der Waals surface area contributed by atoms with Crippen LogP contribution >= 0.6 is 22.9 Å². The van der Waals surface area contributed by atoms with Crippen LogP contribution in [-0.2, 0) is 4.79 Å². The highest BCUT2D eigenvalue weighted by Crippen LogP contribution is 2.26. The largest absolute Gasteiger partial charge is 0.426 e. The van der Waals surface area contributed by atoms with Crippen molar-refractivity contribution >= 4 is 45.8 Å². The summed E-state index contributed by atoms with van der Waals surface area (Å²) in [5.41, 5.74) is 0.0144. The van der Waals surface area contributed by atoms with E-state index in [9.17, 15) is 19.7 Å². The van der Waals surface area contributed by atoms with Crippen molar-refractivity contribution in [3.63, 3.8) is 0 Å². The number of thiazole rings is 1. The van der Waals surface area contributed by atoms with Crippen LogP contribution in [0.5, 0.6) is 5.75 Å². The number of ether oxygens (including phenoxy) is 1. The zero-order valence-electron chi connectivity index (χ0n) is 11.0. The summed E-state index contributed by atoms with van der Waals surface area (Å²) < 4.78 is 4.92. The number of nitro groups is 1. The summed E-state index contributed by atoms with van der Waals surface area (Å²) in [7, 11) is 0. The van der Waals surface area contributed by atoms with Gasteiger partial charge < -0.3 is 14.9 Å². The van der Waals surface area contributed by atoms with Crippen LogP contribution in [0.2, 0.25) is 5.02 Å². The molecule has 22 heavy (non-hydrogen) atoms. The third kappa shape index (κ3) is 3.77. The van der Waals surface area contributed by atoms with Crippen LogP contribution in [-0.4, -0.2) is 21.8 Å². The monoisotopic (exact) mass is 341 g/mol. The third-order valence-corrected chi connectivity index (χ3v) is 3.32. The predicted molar refractivity (Wildman–Crippen MR) is 79.5 cm³/mol. The Balaban J connectivity index is 2.26. The molecule has 0 fully saturated rings. The Hall–Kier alpha value is -2.52. The molecular formula is C12H8ClN3O5S. The number of hydrogen-bond acceptors (Lipinski definition) is 7. The first-order valence-corrected chi connectivity index (χ1v) is 7.02. The standard InChI is InChI=1S/C12H8ClN3O5S/c1-6(17)21-9-3-2-7(13)4-8(9)11(18)15-12-14-10(5-22-12)16(19)20/h2-5H,1H3,(H,14,15,18). The topological polar surface area (TPSA) is 111 Å². The highest BCUT2D eigenvalue weighted by Gasteiger charge is 2.20. The lowest BCUT2D eigenvalue weighted by atomic mass is 10.2. The molecule has 1 aromatic heterocycles. The number of anilines is 1. The smallest absolute Gasteiger partial charge is 0.376 e. The predicted octanol–water partition coefficient (Wildman–Crippen LogP) is 2.88. The highest BCUT2D eigenvalue weighted by molar-refractivity contribution is 7.14. The first-order valence-electron chi connectivity index (χ1n) is 5.76. The quantitative estimate of drug-likeness (QED) is 0.396. The van der Waals surface area contributed by atoms with Gasteiger partial charge in [-0.3, -0.25) is 14.9 Å². The average molecular weight is 342 g/mol. The van der Waals surface area contributed by atoms with Gasteiger partial charge in [0.25, 0.3) is 5.91 Å². The molecule has 0 saturated heterocycles. The first kappa shape index (κ1) is 15.9. The Labute approximate surface area is 132 Å². The second kappa shape index (κ2) is 6.50. The highest BCUT2D eigenvalue weighted by atomic mass is 35.5. The second-order valence-corrected chi connectivity index (χ2v) is 5.25. The zero-order valence-corrected chi connectivity index (χ0v) is 12.6. The molecule has 0 aliphatic carbocycles. The van der Waals surface area contributed by atoms with Gasteiger partial charge in [0.2, 0.25) is 0 Å². The molecule has 0 aliphatic heterocycles. The van der Waals surface area contributed by atoms with E-state index in [4.69, 9.17) is 16.3 Å². The van der Waals surface area contributed by atoms with Crippen LogP contribution in [0.3, 0.4) is 0 Å². The van der Waals surface area contributed by atoms with Gasteiger partial charge in [-0.25, -0.2) is 0 Å². The zero-order chi connectivity index (χ0) is 16.3. The summed E-state index contributed by atoms with van der Waals surface area (Å²) in [6.45, 7) is 1.19. The minimum Gasteiger partial charge on any atom is -0.426 e. The van der Waals surface area contributed by atoms with E-state index in [1.165, 1.54) is 30.5 Å². The van der Waals surface area contributed by atoms with Gasteiger partial charge in [0.05, 0.1) is 10.9 Å². The number of halogens is 1. The molecule has 1 aromatic carbocycles. The van der Waals surface area contributed by atoms with E-state index in [1.54, 1.807) is 0 Å². The molecule has 10 heteroatoms. The lowest BCUT2D eigenvalue weighted by Gasteiger charge is -2.08. The van der Waals surface area contributed by atoms with E-state index in [0.29, 0.717) is 0 Å². The van der Waals surface area contributed by atoms with Crippen molar-refractivity contribution in [1.29, 1.82) is 0 Å². The normalized spacial score (nSPS) is 10.1. The minimum absolute atomic E-state index is 0.0144. The van der Waals surface area contributed by atoms with Crippen LogP contribution < -0.4 is 10.1 Å². The number of carbonyl (C=O) groups excluding carboxylic acids is 2. The van der Waals surface area contributed by atoms with Crippen LogP contribution in [0.25, 0.3) is 0 Å². The van der Waals surface area contributed by atoms with E-state index in [2.05, 4.69) is 10.3 Å². The maximum atomic E-state index is 12.2. The van der Waals surface area contributed by atoms with Crippen LogP contribution in [0.15, 0.2) is 23.6 Å². The SMILES string of the molecule is CC(=O)Oc1ccc(Cl)cc1C(=O)Nc1nc([N+](=O)[O-])cs1. The van der Waals surface area contributed by atoms with Gasteiger partial charge in [0, 0.05) is 11.9 Å². The van der Waals surface area contributed by atoms with Crippen LogP contribution in [0, 0.1) is 10.1 Å². The number of carbonyl (C=O) groups is 2. The molecule has 1 amide bonds. The molecule has 0 aliphatic rings. The summed E-state index contributed by atoms with van der Waals surface area (Å²) in [6, 6.07) is 4.16. The molecule has 0 atom stereocenters. The number of esters is 1. The summed E-state index contributed by atoms with van der Waals surface area (Å²) in [6.07, 6.45) is 0. The number of aromatic nitrogens is 1. The van der Waals surface area contributed by atoms with Crippen molar-refractivity contribution in [1.82, 2.24) is 4.98 Å². The van der Waals surface area contributed by atoms with E-state index >= 15 is 0 Å². The summed E-state index contributed by atoms with van der Waals surface area (Å²) in [5, 5.41) is 14.5. The summed E-state index contributed by atoms with van der Waals surface area (Å²) in [5.74, 6) is -1.59. The second-order valence-electron chi connectivity index (χ2n) is 3.96. The van der Waals surface area contributed by atoms with E-state index < -0.39 is 16.8 Å². The molecule has 0 unspecified atom stereocenters. The van der Waals surface area contributed by atoms with Crippen molar-refractivity contribution in [2.24, 2.45) is 0 Å².